The summed E-state index contributed by atoms with van der Waals surface area (Å²) < 4.78 is 36.5. The Hall–Kier alpha value is -1.63. The summed E-state index contributed by atoms with van der Waals surface area (Å²) in [6.07, 6.45) is 0.411. The molecule has 1 aliphatic rings. The zero-order valence-electron chi connectivity index (χ0n) is 11.4. The highest BCUT2D eigenvalue weighted by molar-refractivity contribution is 7.91. The maximum absolute atomic E-state index is 13.6. The van der Waals surface area contributed by atoms with E-state index >= 15 is 0 Å². The van der Waals surface area contributed by atoms with Gasteiger partial charge < -0.3 is 10.6 Å². The van der Waals surface area contributed by atoms with Gasteiger partial charge >= 0.3 is 0 Å². The van der Waals surface area contributed by atoms with Gasteiger partial charge in [0.25, 0.3) is 5.91 Å². The molecular formula is C13H17FN2O3S. The van der Waals surface area contributed by atoms with Gasteiger partial charge in [0, 0.05) is 29.9 Å². The van der Waals surface area contributed by atoms with Crippen molar-refractivity contribution in [1.29, 1.82) is 0 Å². The fourth-order valence-electron chi connectivity index (χ4n) is 2.27. The highest BCUT2D eigenvalue weighted by Gasteiger charge is 2.33. The van der Waals surface area contributed by atoms with Crippen LogP contribution in [-0.4, -0.2) is 43.8 Å². The van der Waals surface area contributed by atoms with E-state index in [1.165, 1.54) is 24.9 Å². The second-order valence-electron chi connectivity index (χ2n) is 5.15. The molecule has 110 valence electrons. The first-order valence-electron chi connectivity index (χ1n) is 6.24. The first-order chi connectivity index (χ1) is 9.21. The molecule has 20 heavy (non-hydrogen) atoms. The smallest absolute Gasteiger partial charge is 0.254 e. The van der Waals surface area contributed by atoms with Crippen molar-refractivity contribution < 1.29 is 17.6 Å². The predicted octanol–water partition coefficient (Wildman–Crippen LogP) is 0.975. The number of amides is 1. The molecule has 2 rings (SSSR count). The lowest BCUT2D eigenvalue weighted by Gasteiger charge is -2.23. The largest absolute Gasteiger partial charge is 0.398 e. The van der Waals surface area contributed by atoms with Crippen LogP contribution < -0.4 is 5.73 Å². The molecule has 0 aliphatic carbocycles. The highest BCUT2D eigenvalue weighted by atomic mass is 32.2. The van der Waals surface area contributed by atoms with Crippen LogP contribution in [0.15, 0.2) is 12.1 Å². The monoisotopic (exact) mass is 300 g/mol. The van der Waals surface area contributed by atoms with Crippen LogP contribution in [0.3, 0.4) is 0 Å². The highest BCUT2D eigenvalue weighted by Crippen LogP contribution is 2.22. The zero-order valence-corrected chi connectivity index (χ0v) is 12.2. The molecule has 7 heteroatoms. The number of nitrogens with zero attached hydrogens (tertiary/aromatic N) is 1. The molecule has 0 radical (unpaired) electrons. The van der Waals surface area contributed by atoms with Crippen molar-refractivity contribution in [3.05, 3.63) is 29.1 Å². The van der Waals surface area contributed by atoms with Crippen molar-refractivity contribution >= 4 is 21.4 Å². The van der Waals surface area contributed by atoms with Crippen molar-refractivity contribution in [2.75, 3.05) is 24.3 Å². The third kappa shape index (κ3) is 2.77. The Morgan fingerprint density at radius 1 is 1.45 bits per heavy atom. The number of halogens is 1. The SMILES string of the molecule is Cc1c(N)cc(C(=O)N(C)C2CCS(=O)(=O)C2)cc1F. The summed E-state index contributed by atoms with van der Waals surface area (Å²) in [5, 5.41) is 0. The number of benzene rings is 1. The topological polar surface area (TPSA) is 80.5 Å². The minimum absolute atomic E-state index is 0.0426. The van der Waals surface area contributed by atoms with Crippen LogP contribution >= 0.6 is 0 Å². The van der Waals surface area contributed by atoms with Crippen LogP contribution in [0.2, 0.25) is 0 Å². The third-order valence-electron chi connectivity index (χ3n) is 3.71. The standard InChI is InChI=1S/C13H17FN2O3S/c1-8-11(14)5-9(6-12(8)15)13(17)16(2)10-3-4-20(18,19)7-10/h5-6,10H,3-4,7,15H2,1-2H3. The van der Waals surface area contributed by atoms with Gasteiger partial charge in [-0.2, -0.15) is 0 Å². The van der Waals surface area contributed by atoms with Gasteiger partial charge in [0.2, 0.25) is 0 Å². The lowest BCUT2D eigenvalue weighted by molar-refractivity contribution is 0.0747. The minimum atomic E-state index is -3.07. The molecule has 1 atom stereocenters. The van der Waals surface area contributed by atoms with Crippen molar-refractivity contribution in [1.82, 2.24) is 4.90 Å². The predicted molar refractivity (Wildman–Crippen MR) is 74.7 cm³/mol. The van der Waals surface area contributed by atoms with Gasteiger partial charge in [-0.25, -0.2) is 12.8 Å². The van der Waals surface area contributed by atoms with Crippen LogP contribution in [0, 0.1) is 12.7 Å². The molecule has 5 nitrogen and oxygen atoms in total. The number of anilines is 1. The van der Waals surface area contributed by atoms with E-state index in [0.29, 0.717) is 12.0 Å². The Bertz CT molecular complexity index is 635. The quantitative estimate of drug-likeness (QED) is 0.825. The number of hydrogen-bond acceptors (Lipinski definition) is 4. The van der Waals surface area contributed by atoms with E-state index < -0.39 is 21.6 Å². The third-order valence-corrected chi connectivity index (χ3v) is 5.46. The first kappa shape index (κ1) is 14.8. The zero-order chi connectivity index (χ0) is 15.1. The van der Waals surface area contributed by atoms with Gasteiger partial charge in [-0.05, 0) is 25.5 Å². The second-order valence-corrected chi connectivity index (χ2v) is 7.37. The fraction of sp³-hybridized carbons (Fsp3) is 0.462. The first-order valence-corrected chi connectivity index (χ1v) is 8.06. The van der Waals surface area contributed by atoms with Crippen molar-refractivity contribution in [2.45, 2.75) is 19.4 Å². The number of carbonyl (C=O) groups is 1. The average molecular weight is 300 g/mol. The maximum Gasteiger partial charge on any atom is 0.254 e. The van der Waals surface area contributed by atoms with E-state index in [2.05, 4.69) is 0 Å². The average Bonchev–Trinajstić information content (AvgIpc) is 2.74. The summed E-state index contributed by atoms with van der Waals surface area (Å²) in [7, 11) is -1.54. The Morgan fingerprint density at radius 2 is 2.10 bits per heavy atom. The lowest BCUT2D eigenvalue weighted by Crippen LogP contribution is -2.37. The van der Waals surface area contributed by atoms with Gasteiger partial charge in [-0.1, -0.05) is 0 Å². The number of nitrogens with two attached hydrogens (primary N) is 1. The number of carbonyl (C=O) groups excluding carboxylic acids is 1. The van der Waals surface area contributed by atoms with Crippen LogP contribution in [0.1, 0.15) is 22.3 Å². The number of nitrogen functional groups attached to an aromatic ring is 1. The van der Waals surface area contributed by atoms with Gasteiger partial charge in [0.15, 0.2) is 9.84 Å². The molecule has 1 fully saturated rings. The minimum Gasteiger partial charge on any atom is -0.398 e. The van der Waals surface area contributed by atoms with Crippen LogP contribution in [-0.2, 0) is 9.84 Å². The van der Waals surface area contributed by atoms with Gasteiger partial charge in [0.1, 0.15) is 5.82 Å². The molecule has 0 spiro atoms. The molecule has 1 heterocycles. The molecule has 1 aromatic carbocycles. The molecule has 1 unspecified atom stereocenters. The molecule has 0 bridgehead atoms. The van der Waals surface area contributed by atoms with Crippen molar-refractivity contribution in [2.24, 2.45) is 0 Å². The summed E-state index contributed by atoms with van der Waals surface area (Å²) in [6, 6.07) is 2.19. The van der Waals surface area contributed by atoms with Crippen LogP contribution in [0.25, 0.3) is 0 Å². The summed E-state index contributed by atoms with van der Waals surface area (Å²) in [5.41, 5.74) is 6.29. The van der Waals surface area contributed by atoms with Crippen LogP contribution in [0.5, 0.6) is 0 Å². The summed E-state index contributed by atoms with van der Waals surface area (Å²) in [4.78, 5) is 13.6. The molecule has 0 aromatic heterocycles. The lowest BCUT2D eigenvalue weighted by atomic mass is 10.1. The van der Waals surface area contributed by atoms with E-state index in [-0.39, 0.29) is 28.8 Å². The maximum atomic E-state index is 13.6. The molecular weight excluding hydrogens is 283 g/mol. The van der Waals surface area contributed by atoms with Crippen molar-refractivity contribution in [3.63, 3.8) is 0 Å². The molecule has 1 aromatic rings. The Kier molecular flexibility index (Phi) is 3.73. The second kappa shape index (κ2) is 5.05. The molecule has 0 saturated carbocycles. The fourth-order valence-corrected chi connectivity index (χ4v) is 4.05. The summed E-state index contributed by atoms with van der Waals surface area (Å²) in [6.45, 7) is 1.53. The number of rotatable bonds is 2. The van der Waals surface area contributed by atoms with E-state index in [9.17, 15) is 17.6 Å². The molecule has 1 saturated heterocycles. The summed E-state index contributed by atoms with van der Waals surface area (Å²) >= 11 is 0. The Balaban J connectivity index is 2.24. The number of hydrogen-bond donors (Lipinski definition) is 1. The van der Waals surface area contributed by atoms with Gasteiger partial charge in [-0.15, -0.1) is 0 Å². The van der Waals surface area contributed by atoms with E-state index in [0.717, 1.165) is 6.07 Å². The van der Waals surface area contributed by atoms with Crippen LogP contribution in [0.4, 0.5) is 10.1 Å². The molecule has 1 aliphatic heterocycles. The molecule has 1 amide bonds. The van der Waals surface area contributed by atoms with Gasteiger partial charge in [-0.3, -0.25) is 4.79 Å². The summed E-state index contributed by atoms with van der Waals surface area (Å²) in [5.74, 6) is -0.919. The Morgan fingerprint density at radius 3 is 2.60 bits per heavy atom. The van der Waals surface area contributed by atoms with E-state index in [4.69, 9.17) is 5.73 Å². The van der Waals surface area contributed by atoms with Gasteiger partial charge in [0.05, 0.1) is 11.5 Å². The van der Waals surface area contributed by atoms with E-state index in [1.54, 1.807) is 0 Å². The van der Waals surface area contributed by atoms with E-state index in [1.807, 2.05) is 0 Å². The van der Waals surface area contributed by atoms with Crippen molar-refractivity contribution in [3.8, 4) is 0 Å². The molecule has 2 N–H and O–H groups in total. The Labute approximate surface area is 117 Å². The normalized spacial score (nSPS) is 20.9. The number of sulfone groups is 1.